The molecule has 0 aromatic heterocycles. The Kier molecular flexibility index (Phi) is 5.17. The summed E-state index contributed by atoms with van der Waals surface area (Å²) in [6.07, 6.45) is 0.644. The first kappa shape index (κ1) is 17.2. The molecule has 1 aliphatic carbocycles. The van der Waals surface area contributed by atoms with Gasteiger partial charge in [0.1, 0.15) is 0 Å². The molecule has 3 atom stereocenters. The van der Waals surface area contributed by atoms with Crippen molar-refractivity contribution >= 4 is 11.8 Å². The minimum Gasteiger partial charge on any atom is -0.349 e. The molecule has 1 aliphatic rings. The molecule has 25 heavy (non-hydrogen) atoms. The van der Waals surface area contributed by atoms with Crippen LogP contribution in [0.2, 0.25) is 0 Å². The number of amides is 2. The van der Waals surface area contributed by atoms with E-state index in [1.54, 1.807) is 11.9 Å². The highest BCUT2D eigenvalue weighted by atomic mass is 16.2. The summed E-state index contributed by atoms with van der Waals surface area (Å²) in [6.45, 7) is 2.54. The number of carbonyl (C=O) groups is 2. The lowest BCUT2D eigenvalue weighted by molar-refractivity contribution is -0.134. The third-order valence-electron chi connectivity index (χ3n) is 4.74. The molecule has 3 unspecified atom stereocenters. The van der Waals surface area contributed by atoms with Crippen LogP contribution in [0.5, 0.6) is 0 Å². The maximum absolute atomic E-state index is 12.5. The van der Waals surface area contributed by atoms with E-state index in [9.17, 15) is 9.59 Å². The summed E-state index contributed by atoms with van der Waals surface area (Å²) in [5.74, 6) is -0.354. The number of nitrogens with zero attached hydrogens (tertiary/aromatic N) is 1. The fourth-order valence-electron chi connectivity index (χ4n) is 3.12. The summed E-state index contributed by atoms with van der Waals surface area (Å²) in [4.78, 5) is 26.6. The predicted octanol–water partition coefficient (Wildman–Crippen LogP) is 3.16. The number of hydrogen-bond acceptors (Lipinski definition) is 2. The number of hydrogen-bond donors (Lipinski definition) is 1. The summed E-state index contributed by atoms with van der Waals surface area (Å²) in [5, 5.41) is 3.02. The number of nitrogens with one attached hydrogen (secondary N) is 1. The van der Waals surface area contributed by atoms with Crippen molar-refractivity contribution in [3.8, 4) is 0 Å². The SMILES string of the molecule is CC(NC(=O)C1CC1C(=O)N(C)Cc1ccccc1)c1ccccc1. The van der Waals surface area contributed by atoms with Crippen molar-refractivity contribution in [2.24, 2.45) is 11.8 Å². The second-order valence-corrected chi connectivity index (χ2v) is 6.77. The molecule has 1 fully saturated rings. The fraction of sp³-hybridized carbons (Fsp3) is 0.333. The maximum atomic E-state index is 12.5. The Morgan fingerprint density at radius 1 is 1.04 bits per heavy atom. The highest BCUT2D eigenvalue weighted by Gasteiger charge is 2.49. The van der Waals surface area contributed by atoms with Crippen LogP contribution in [-0.4, -0.2) is 23.8 Å². The normalized spacial score (nSPS) is 19.8. The molecule has 130 valence electrons. The lowest BCUT2D eigenvalue weighted by Gasteiger charge is -2.18. The Morgan fingerprint density at radius 3 is 2.28 bits per heavy atom. The predicted molar refractivity (Wildman–Crippen MR) is 97.5 cm³/mol. The third kappa shape index (κ3) is 4.27. The lowest BCUT2D eigenvalue weighted by Crippen LogP contribution is -2.32. The lowest BCUT2D eigenvalue weighted by atomic mass is 10.1. The van der Waals surface area contributed by atoms with Crippen LogP contribution in [0.1, 0.15) is 30.5 Å². The zero-order chi connectivity index (χ0) is 17.8. The molecular weight excluding hydrogens is 312 g/mol. The molecule has 2 aromatic rings. The van der Waals surface area contributed by atoms with Gasteiger partial charge in [-0.05, 0) is 24.5 Å². The summed E-state index contributed by atoms with van der Waals surface area (Å²) in [6, 6.07) is 19.7. The molecule has 0 heterocycles. The molecule has 2 amide bonds. The van der Waals surface area contributed by atoms with Gasteiger partial charge in [0.25, 0.3) is 0 Å². The monoisotopic (exact) mass is 336 g/mol. The number of carbonyl (C=O) groups excluding carboxylic acids is 2. The van der Waals surface area contributed by atoms with Crippen LogP contribution in [-0.2, 0) is 16.1 Å². The summed E-state index contributed by atoms with van der Waals surface area (Å²) >= 11 is 0. The molecular formula is C21H24N2O2. The molecule has 0 radical (unpaired) electrons. The van der Waals surface area contributed by atoms with Crippen molar-refractivity contribution in [2.75, 3.05) is 7.05 Å². The first-order valence-corrected chi connectivity index (χ1v) is 8.70. The van der Waals surface area contributed by atoms with Gasteiger partial charge in [0.2, 0.25) is 11.8 Å². The van der Waals surface area contributed by atoms with Gasteiger partial charge in [-0.3, -0.25) is 9.59 Å². The Morgan fingerprint density at radius 2 is 1.64 bits per heavy atom. The van der Waals surface area contributed by atoms with E-state index in [1.807, 2.05) is 67.6 Å². The van der Waals surface area contributed by atoms with Gasteiger partial charge in [-0.2, -0.15) is 0 Å². The van der Waals surface area contributed by atoms with Crippen molar-refractivity contribution in [2.45, 2.75) is 25.9 Å². The zero-order valence-electron chi connectivity index (χ0n) is 14.7. The third-order valence-corrected chi connectivity index (χ3v) is 4.74. The van der Waals surface area contributed by atoms with Gasteiger partial charge in [0.05, 0.1) is 17.9 Å². The number of benzene rings is 2. The Labute approximate surface area is 148 Å². The fourth-order valence-corrected chi connectivity index (χ4v) is 3.12. The first-order valence-electron chi connectivity index (χ1n) is 8.70. The minimum atomic E-state index is -0.197. The Balaban J connectivity index is 1.51. The van der Waals surface area contributed by atoms with Crippen molar-refractivity contribution in [3.63, 3.8) is 0 Å². The van der Waals surface area contributed by atoms with E-state index in [-0.39, 0.29) is 29.7 Å². The van der Waals surface area contributed by atoms with Crippen LogP contribution < -0.4 is 5.32 Å². The second kappa shape index (κ2) is 7.51. The van der Waals surface area contributed by atoms with Crippen molar-refractivity contribution < 1.29 is 9.59 Å². The van der Waals surface area contributed by atoms with E-state index in [2.05, 4.69) is 5.32 Å². The van der Waals surface area contributed by atoms with E-state index in [0.29, 0.717) is 13.0 Å². The first-order chi connectivity index (χ1) is 12.1. The van der Waals surface area contributed by atoms with Gasteiger partial charge >= 0.3 is 0 Å². The van der Waals surface area contributed by atoms with Crippen LogP contribution in [0, 0.1) is 11.8 Å². The molecule has 0 saturated heterocycles. The smallest absolute Gasteiger partial charge is 0.226 e. The summed E-state index contributed by atoms with van der Waals surface area (Å²) < 4.78 is 0. The van der Waals surface area contributed by atoms with Crippen LogP contribution in [0.4, 0.5) is 0 Å². The highest BCUT2D eigenvalue weighted by molar-refractivity contribution is 5.92. The topological polar surface area (TPSA) is 49.4 Å². The average Bonchev–Trinajstić information content (AvgIpc) is 3.43. The summed E-state index contributed by atoms with van der Waals surface area (Å²) in [7, 11) is 1.80. The van der Waals surface area contributed by atoms with E-state index < -0.39 is 0 Å². The van der Waals surface area contributed by atoms with Crippen molar-refractivity contribution in [1.82, 2.24) is 10.2 Å². The van der Waals surface area contributed by atoms with Gasteiger partial charge < -0.3 is 10.2 Å². The molecule has 1 N–H and O–H groups in total. The molecule has 0 spiro atoms. The van der Waals surface area contributed by atoms with Crippen molar-refractivity contribution in [1.29, 1.82) is 0 Å². The Hall–Kier alpha value is -2.62. The molecule has 4 heteroatoms. The van der Waals surface area contributed by atoms with Gasteiger partial charge in [-0.25, -0.2) is 0 Å². The van der Waals surface area contributed by atoms with E-state index in [1.165, 1.54) is 0 Å². The second-order valence-electron chi connectivity index (χ2n) is 6.77. The largest absolute Gasteiger partial charge is 0.349 e. The quantitative estimate of drug-likeness (QED) is 0.881. The van der Waals surface area contributed by atoms with Gasteiger partial charge in [0, 0.05) is 13.6 Å². The standard InChI is InChI=1S/C21H24N2O2/c1-15(17-11-7-4-8-12-17)22-20(24)18-13-19(18)21(25)23(2)14-16-9-5-3-6-10-16/h3-12,15,18-19H,13-14H2,1-2H3,(H,22,24). The van der Waals surface area contributed by atoms with Gasteiger partial charge in [-0.1, -0.05) is 60.7 Å². The highest BCUT2D eigenvalue weighted by Crippen LogP contribution is 2.40. The van der Waals surface area contributed by atoms with Crippen LogP contribution >= 0.6 is 0 Å². The van der Waals surface area contributed by atoms with Gasteiger partial charge in [-0.15, -0.1) is 0 Å². The molecule has 0 aliphatic heterocycles. The van der Waals surface area contributed by atoms with E-state index in [4.69, 9.17) is 0 Å². The molecule has 3 rings (SSSR count). The van der Waals surface area contributed by atoms with E-state index >= 15 is 0 Å². The van der Waals surface area contributed by atoms with Crippen molar-refractivity contribution in [3.05, 3.63) is 71.8 Å². The average molecular weight is 336 g/mol. The molecule has 1 saturated carbocycles. The molecule has 4 nitrogen and oxygen atoms in total. The minimum absolute atomic E-state index is 0.0252. The molecule has 2 aromatic carbocycles. The molecule has 0 bridgehead atoms. The number of rotatable bonds is 6. The van der Waals surface area contributed by atoms with Crippen LogP contribution in [0.3, 0.4) is 0 Å². The zero-order valence-corrected chi connectivity index (χ0v) is 14.7. The Bertz CT molecular complexity index is 730. The maximum Gasteiger partial charge on any atom is 0.226 e. The summed E-state index contributed by atoms with van der Waals surface area (Å²) in [5.41, 5.74) is 2.17. The van der Waals surface area contributed by atoms with E-state index in [0.717, 1.165) is 11.1 Å². The van der Waals surface area contributed by atoms with Gasteiger partial charge in [0.15, 0.2) is 0 Å². The van der Waals surface area contributed by atoms with Crippen LogP contribution in [0.25, 0.3) is 0 Å². The van der Waals surface area contributed by atoms with Crippen LogP contribution in [0.15, 0.2) is 60.7 Å².